The number of nitrogens with one attached hydrogen (secondary N) is 2. The van der Waals surface area contributed by atoms with E-state index in [0.717, 1.165) is 23.8 Å². The molecule has 1 aliphatic rings. The van der Waals surface area contributed by atoms with E-state index < -0.39 is 5.91 Å². The fourth-order valence-electron chi connectivity index (χ4n) is 3.85. The van der Waals surface area contributed by atoms with Crippen LogP contribution in [0.5, 0.6) is 11.5 Å². The second-order valence-electron chi connectivity index (χ2n) is 8.08. The lowest BCUT2D eigenvalue weighted by atomic mass is 10.1. The number of amides is 2. The Bertz CT molecular complexity index is 1050. The molecule has 6 heteroatoms. The number of carbonyl (C=O) groups excluding carboxylic acids is 2. The van der Waals surface area contributed by atoms with E-state index in [2.05, 4.69) is 10.6 Å². The number of primary amides is 1. The summed E-state index contributed by atoms with van der Waals surface area (Å²) in [5, 5.41) is 6.40. The fraction of sp³-hybridized carbons (Fsp3) is 0.231. The maximum Gasteiger partial charge on any atom is 0.255 e. The molecule has 2 amide bonds. The average Bonchev–Trinajstić information content (AvgIpc) is 3.33. The van der Waals surface area contributed by atoms with Gasteiger partial charge in [-0.05, 0) is 91.6 Å². The first-order valence-corrected chi connectivity index (χ1v) is 10.9. The Balaban J connectivity index is 1.29. The van der Waals surface area contributed by atoms with E-state index in [-0.39, 0.29) is 5.91 Å². The van der Waals surface area contributed by atoms with Gasteiger partial charge in [-0.3, -0.25) is 9.59 Å². The van der Waals surface area contributed by atoms with Crippen LogP contribution in [0.4, 0.5) is 11.4 Å². The Morgan fingerprint density at radius 1 is 0.781 bits per heavy atom. The molecule has 3 aromatic rings. The Morgan fingerprint density at radius 3 is 1.88 bits per heavy atom. The Labute approximate surface area is 187 Å². The van der Waals surface area contributed by atoms with Crippen LogP contribution in [0.2, 0.25) is 0 Å². The fourth-order valence-corrected chi connectivity index (χ4v) is 3.85. The van der Waals surface area contributed by atoms with Crippen LogP contribution in [0, 0.1) is 5.92 Å². The molecular formula is C26H27N3O3. The van der Waals surface area contributed by atoms with Gasteiger partial charge in [0.05, 0.1) is 0 Å². The molecule has 0 aliphatic heterocycles. The van der Waals surface area contributed by atoms with Gasteiger partial charge in [0, 0.05) is 29.0 Å². The van der Waals surface area contributed by atoms with E-state index in [1.807, 2.05) is 24.3 Å². The SMILES string of the molecule is NC(=O)c1ccc(Oc2ccc(C(=O)Nc3ccc(NCC4CCCC4)cc3)cc2)cc1. The van der Waals surface area contributed by atoms with Crippen molar-refractivity contribution >= 4 is 23.2 Å². The van der Waals surface area contributed by atoms with Crippen LogP contribution < -0.4 is 21.1 Å². The Morgan fingerprint density at radius 2 is 1.31 bits per heavy atom. The monoisotopic (exact) mass is 429 g/mol. The number of hydrogen-bond donors (Lipinski definition) is 3. The molecule has 32 heavy (non-hydrogen) atoms. The molecule has 4 rings (SSSR count). The molecule has 0 aromatic heterocycles. The Kier molecular flexibility index (Phi) is 6.70. The minimum Gasteiger partial charge on any atom is -0.457 e. The third kappa shape index (κ3) is 5.66. The highest BCUT2D eigenvalue weighted by Crippen LogP contribution is 2.25. The predicted octanol–water partition coefficient (Wildman–Crippen LogP) is 5.43. The zero-order valence-corrected chi connectivity index (χ0v) is 17.8. The van der Waals surface area contributed by atoms with Crippen molar-refractivity contribution in [2.75, 3.05) is 17.2 Å². The van der Waals surface area contributed by atoms with E-state index in [1.165, 1.54) is 25.7 Å². The van der Waals surface area contributed by atoms with Crippen molar-refractivity contribution in [2.45, 2.75) is 25.7 Å². The molecule has 0 saturated heterocycles. The first-order valence-electron chi connectivity index (χ1n) is 10.9. The molecule has 6 nitrogen and oxygen atoms in total. The molecule has 0 heterocycles. The normalized spacial score (nSPS) is 13.5. The third-order valence-corrected chi connectivity index (χ3v) is 5.70. The highest BCUT2D eigenvalue weighted by atomic mass is 16.5. The lowest BCUT2D eigenvalue weighted by Crippen LogP contribution is -2.12. The van der Waals surface area contributed by atoms with Crippen LogP contribution in [-0.4, -0.2) is 18.4 Å². The second kappa shape index (κ2) is 10.0. The summed E-state index contributed by atoms with van der Waals surface area (Å²) in [5.41, 5.74) is 8.01. The lowest BCUT2D eigenvalue weighted by Gasteiger charge is -2.12. The van der Waals surface area contributed by atoms with Crippen molar-refractivity contribution in [3.05, 3.63) is 83.9 Å². The molecule has 4 N–H and O–H groups in total. The minimum atomic E-state index is -0.484. The lowest BCUT2D eigenvalue weighted by molar-refractivity contribution is 0.0997. The van der Waals surface area contributed by atoms with Crippen LogP contribution in [0.15, 0.2) is 72.8 Å². The van der Waals surface area contributed by atoms with Gasteiger partial charge in [-0.15, -0.1) is 0 Å². The number of nitrogens with two attached hydrogens (primary N) is 1. The van der Waals surface area contributed by atoms with Crippen molar-refractivity contribution in [1.82, 2.24) is 0 Å². The molecule has 0 unspecified atom stereocenters. The number of benzene rings is 3. The first kappa shape index (κ1) is 21.4. The molecule has 1 saturated carbocycles. The van der Waals surface area contributed by atoms with Gasteiger partial charge in [0.25, 0.3) is 5.91 Å². The standard InChI is InChI=1S/C26H27N3O3/c27-25(30)19-5-13-23(14-6-19)32-24-15-7-20(8-16-24)26(31)29-22-11-9-21(10-12-22)28-17-18-3-1-2-4-18/h5-16,18,28H,1-4,17H2,(H2,27,30)(H,29,31). The number of rotatable bonds is 8. The molecule has 0 atom stereocenters. The molecule has 1 aliphatic carbocycles. The van der Waals surface area contributed by atoms with Crippen LogP contribution in [-0.2, 0) is 0 Å². The summed E-state index contributed by atoms with van der Waals surface area (Å²) in [6.45, 7) is 1.01. The quantitative estimate of drug-likeness (QED) is 0.445. The molecule has 0 radical (unpaired) electrons. The maximum atomic E-state index is 12.6. The van der Waals surface area contributed by atoms with Crippen LogP contribution in [0.1, 0.15) is 46.4 Å². The highest BCUT2D eigenvalue weighted by Gasteiger charge is 2.14. The van der Waals surface area contributed by atoms with Gasteiger partial charge in [-0.2, -0.15) is 0 Å². The number of anilines is 2. The first-order chi connectivity index (χ1) is 15.6. The van der Waals surface area contributed by atoms with Gasteiger partial charge >= 0.3 is 0 Å². The van der Waals surface area contributed by atoms with E-state index in [9.17, 15) is 9.59 Å². The number of ether oxygens (including phenoxy) is 1. The summed E-state index contributed by atoms with van der Waals surface area (Å²) >= 11 is 0. The van der Waals surface area contributed by atoms with Crippen molar-refractivity contribution in [3.63, 3.8) is 0 Å². The van der Waals surface area contributed by atoms with E-state index in [0.29, 0.717) is 22.6 Å². The van der Waals surface area contributed by atoms with Gasteiger partial charge in [0.1, 0.15) is 11.5 Å². The van der Waals surface area contributed by atoms with Gasteiger partial charge in [0.2, 0.25) is 5.91 Å². The van der Waals surface area contributed by atoms with Gasteiger partial charge in [-0.1, -0.05) is 12.8 Å². The Hall–Kier alpha value is -3.80. The van der Waals surface area contributed by atoms with E-state index in [1.54, 1.807) is 48.5 Å². The molecule has 164 valence electrons. The molecular weight excluding hydrogens is 402 g/mol. The summed E-state index contributed by atoms with van der Waals surface area (Å²) in [5.74, 6) is 1.27. The molecule has 0 bridgehead atoms. The minimum absolute atomic E-state index is 0.186. The van der Waals surface area contributed by atoms with Crippen molar-refractivity contribution in [3.8, 4) is 11.5 Å². The van der Waals surface area contributed by atoms with Crippen molar-refractivity contribution in [2.24, 2.45) is 11.7 Å². The van der Waals surface area contributed by atoms with E-state index >= 15 is 0 Å². The molecule has 0 spiro atoms. The maximum absolute atomic E-state index is 12.6. The van der Waals surface area contributed by atoms with Crippen LogP contribution >= 0.6 is 0 Å². The zero-order chi connectivity index (χ0) is 22.3. The molecule has 3 aromatic carbocycles. The number of hydrogen-bond acceptors (Lipinski definition) is 4. The third-order valence-electron chi connectivity index (χ3n) is 5.70. The van der Waals surface area contributed by atoms with Crippen LogP contribution in [0.3, 0.4) is 0 Å². The largest absolute Gasteiger partial charge is 0.457 e. The van der Waals surface area contributed by atoms with E-state index in [4.69, 9.17) is 10.5 Å². The summed E-state index contributed by atoms with van der Waals surface area (Å²) in [7, 11) is 0. The second-order valence-corrected chi connectivity index (χ2v) is 8.08. The average molecular weight is 430 g/mol. The van der Waals surface area contributed by atoms with Crippen molar-refractivity contribution < 1.29 is 14.3 Å². The smallest absolute Gasteiger partial charge is 0.255 e. The summed E-state index contributed by atoms with van der Waals surface area (Å²) in [4.78, 5) is 23.7. The topological polar surface area (TPSA) is 93.5 Å². The van der Waals surface area contributed by atoms with Gasteiger partial charge in [-0.25, -0.2) is 0 Å². The summed E-state index contributed by atoms with van der Waals surface area (Å²) < 4.78 is 5.75. The summed E-state index contributed by atoms with van der Waals surface area (Å²) in [6.07, 6.45) is 5.31. The zero-order valence-electron chi connectivity index (χ0n) is 17.8. The molecule has 1 fully saturated rings. The van der Waals surface area contributed by atoms with Crippen LogP contribution in [0.25, 0.3) is 0 Å². The van der Waals surface area contributed by atoms with Gasteiger partial charge in [0.15, 0.2) is 0 Å². The highest BCUT2D eigenvalue weighted by molar-refractivity contribution is 6.04. The predicted molar refractivity (Wildman–Crippen MR) is 126 cm³/mol. The van der Waals surface area contributed by atoms with Gasteiger partial charge < -0.3 is 21.1 Å². The summed E-state index contributed by atoms with van der Waals surface area (Å²) in [6, 6.07) is 21.2. The van der Waals surface area contributed by atoms with Crippen molar-refractivity contribution in [1.29, 1.82) is 0 Å². The number of carbonyl (C=O) groups is 2.